The van der Waals surface area contributed by atoms with E-state index in [1.165, 1.54) is 0 Å². The minimum Gasteiger partial charge on any atom is -0.489 e. The second kappa shape index (κ2) is 7.14. The molecule has 1 unspecified atom stereocenters. The third-order valence-corrected chi connectivity index (χ3v) is 2.82. The Bertz CT molecular complexity index is 545. The number of benzene rings is 2. The molecule has 0 aliphatic heterocycles. The quantitative estimate of drug-likeness (QED) is 0.860. The number of hydrogen-bond donors (Lipinski definition) is 2. The predicted molar refractivity (Wildman–Crippen MR) is 76.6 cm³/mol. The molecule has 0 fully saturated rings. The zero-order chi connectivity index (χ0) is 14.4. The van der Waals surface area contributed by atoms with E-state index < -0.39 is 6.10 Å². The zero-order valence-corrected chi connectivity index (χ0v) is 11.5. The Morgan fingerprint density at radius 3 is 2.45 bits per heavy atom. The molecule has 2 aromatic rings. The average Bonchev–Trinajstić information content (AvgIpc) is 2.47. The highest BCUT2D eigenvalue weighted by molar-refractivity contribution is 6.32. The first kappa shape index (κ1) is 14.7. The summed E-state index contributed by atoms with van der Waals surface area (Å²) in [5.74, 6) is 1.74. The molecule has 2 rings (SSSR count). The van der Waals surface area contributed by atoms with Crippen molar-refractivity contribution in [3.8, 4) is 17.2 Å². The molecule has 5 heteroatoms. The van der Waals surface area contributed by atoms with Crippen LogP contribution < -0.4 is 9.47 Å². The molecule has 0 amide bonds. The first-order chi connectivity index (χ1) is 9.69. The van der Waals surface area contributed by atoms with Gasteiger partial charge in [-0.25, -0.2) is 0 Å². The van der Waals surface area contributed by atoms with Crippen molar-refractivity contribution in [3.05, 3.63) is 53.6 Å². The summed E-state index contributed by atoms with van der Waals surface area (Å²) in [6.07, 6.45) is -0.925. The molecule has 0 aliphatic carbocycles. The van der Waals surface area contributed by atoms with Crippen molar-refractivity contribution in [2.75, 3.05) is 13.2 Å². The van der Waals surface area contributed by atoms with Gasteiger partial charge in [0.1, 0.15) is 30.0 Å². The summed E-state index contributed by atoms with van der Waals surface area (Å²) >= 11 is 6.07. The second-order valence-electron chi connectivity index (χ2n) is 4.15. The molecule has 106 valence electrons. The van der Waals surface area contributed by atoms with E-state index in [1.807, 2.05) is 30.3 Å². The first-order valence-corrected chi connectivity index (χ1v) is 6.51. The molecule has 20 heavy (non-hydrogen) atoms. The van der Waals surface area contributed by atoms with E-state index in [1.54, 1.807) is 18.2 Å². The number of aliphatic hydroxyl groups is 2. The summed E-state index contributed by atoms with van der Waals surface area (Å²) in [5.41, 5.74) is 0. The van der Waals surface area contributed by atoms with Gasteiger partial charge in [-0.05, 0) is 24.3 Å². The predicted octanol–water partition coefficient (Wildman–Crippen LogP) is 2.86. The smallest absolute Gasteiger partial charge is 0.138 e. The van der Waals surface area contributed by atoms with Crippen molar-refractivity contribution in [3.63, 3.8) is 0 Å². The van der Waals surface area contributed by atoms with Gasteiger partial charge in [0.2, 0.25) is 0 Å². The van der Waals surface area contributed by atoms with Gasteiger partial charge in [-0.2, -0.15) is 0 Å². The van der Waals surface area contributed by atoms with E-state index in [9.17, 15) is 5.11 Å². The fourth-order valence-electron chi connectivity index (χ4n) is 1.53. The fourth-order valence-corrected chi connectivity index (χ4v) is 1.75. The molecule has 0 radical (unpaired) electrons. The molecular weight excluding hydrogens is 280 g/mol. The lowest BCUT2D eigenvalue weighted by molar-refractivity contribution is 0.0536. The summed E-state index contributed by atoms with van der Waals surface area (Å²) in [4.78, 5) is 0. The average molecular weight is 295 g/mol. The van der Waals surface area contributed by atoms with Gasteiger partial charge in [0.25, 0.3) is 0 Å². The minimum absolute atomic E-state index is 0.0187. The SMILES string of the molecule is OCC(O)COc1ccc(Oc2ccccc2)cc1Cl. The molecule has 0 aromatic heterocycles. The van der Waals surface area contributed by atoms with Crippen LogP contribution in [0.5, 0.6) is 17.2 Å². The standard InChI is InChI=1S/C15H15ClO4/c16-14-8-13(20-12-4-2-1-3-5-12)6-7-15(14)19-10-11(18)9-17/h1-8,11,17-18H,9-10H2. The van der Waals surface area contributed by atoms with Crippen LogP contribution >= 0.6 is 11.6 Å². The normalized spacial score (nSPS) is 11.9. The molecule has 2 aromatic carbocycles. The molecule has 0 bridgehead atoms. The molecule has 0 aliphatic rings. The van der Waals surface area contributed by atoms with Crippen molar-refractivity contribution in [2.45, 2.75) is 6.10 Å². The van der Waals surface area contributed by atoms with Crippen LogP contribution in [0, 0.1) is 0 Å². The van der Waals surface area contributed by atoms with E-state index in [4.69, 9.17) is 26.2 Å². The topological polar surface area (TPSA) is 58.9 Å². The Morgan fingerprint density at radius 2 is 1.80 bits per heavy atom. The van der Waals surface area contributed by atoms with Crippen LogP contribution in [0.3, 0.4) is 0 Å². The first-order valence-electron chi connectivity index (χ1n) is 6.13. The van der Waals surface area contributed by atoms with Gasteiger partial charge >= 0.3 is 0 Å². The van der Waals surface area contributed by atoms with Gasteiger partial charge < -0.3 is 19.7 Å². The van der Waals surface area contributed by atoms with Gasteiger partial charge in [-0.15, -0.1) is 0 Å². The largest absolute Gasteiger partial charge is 0.489 e. The zero-order valence-electron chi connectivity index (χ0n) is 10.7. The number of aliphatic hydroxyl groups excluding tert-OH is 2. The molecule has 0 saturated heterocycles. The third kappa shape index (κ3) is 4.13. The number of halogens is 1. The maximum atomic E-state index is 9.22. The maximum Gasteiger partial charge on any atom is 0.138 e. The molecule has 2 N–H and O–H groups in total. The van der Waals surface area contributed by atoms with Gasteiger partial charge in [0.05, 0.1) is 11.6 Å². The Labute approximate surface area is 122 Å². The van der Waals surface area contributed by atoms with Crippen molar-refractivity contribution in [1.29, 1.82) is 0 Å². The van der Waals surface area contributed by atoms with E-state index in [0.29, 0.717) is 22.3 Å². The van der Waals surface area contributed by atoms with Crippen LogP contribution in [0.2, 0.25) is 5.02 Å². The summed E-state index contributed by atoms with van der Waals surface area (Å²) < 4.78 is 10.9. The Kier molecular flexibility index (Phi) is 5.24. The van der Waals surface area contributed by atoms with Crippen LogP contribution in [0.1, 0.15) is 0 Å². The van der Waals surface area contributed by atoms with Gasteiger partial charge in [0.15, 0.2) is 0 Å². The third-order valence-electron chi connectivity index (χ3n) is 2.52. The van der Waals surface area contributed by atoms with Crippen molar-refractivity contribution < 1.29 is 19.7 Å². The van der Waals surface area contributed by atoms with E-state index >= 15 is 0 Å². The van der Waals surface area contributed by atoms with Crippen LogP contribution in [-0.4, -0.2) is 29.5 Å². The van der Waals surface area contributed by atoms with Gasteiger partial charge in [-0.1, -0.05) is 29.8 Å². The molecule has 0 heterocycles. The number of para-hydroxylation sites is 1. The number of hydrogen-bond acceptors (Lipinski definition) is 4. The lowest BCUT2D eigenvalue weighted by Crippen LogP contribution is -2.21. The highest BCUT2D eigenvalue weighted by Gasteiger charge is 2.08. The van der Waals surface area contributed by atoms with Crippen molar-refractivity contribution >= 4 is 11.6 Å². The summed E-state index contributed by atoms with van der Waals surface area (Å²) in [7, 11) is 0. The van der Waals surface area contributed by atoms with Crippen molar-refractivity contribution in [2.24, 2.45) is 0 Å². The summed E-state index contributed by atoms with van der Waals surface area (Å²) in [6, 6.07) is 14.4. The van der Waals surface area contributed by atoms with Gasteiger partial charge in [0, 0.05) is 6.07 Å². The summed E-state index contributed by atoms with van der Waals surface area (Å²) in [5, 5.41) is 18.3. The minimum atomic E-state index is -0.925. The van der Waals surface area contributed by atoms with E-state index in [-0.39, 0.29) is 13.2 Å². The van der Waals surface area contributed by atoms with Crippen LogP contribution in [0.25, 0.3) is 0 Å². The van der Waals surface area contributed by atoms with E-state index in [2.05, 4.69) is 0 Å². The highest BCUT2D eigenvalue weighted by Crippen LogP contribution is 2.31. The Hall–Kier alpha value is -1.75. The summed E-state index contributed by atoms with van der Waals surface area (Å²) in [6.45, 7) is -0.373. The molecule has 0 saturated carbocycles. The number of ether oxygens (including phenoxy) is 2. The van der Waals surface area contributed by atoms with Crippen LogP contribution in [-0.2, 0) is 0 Å². The lowest BCUT2D eigenvalue weighted by Gasteiger charge is -2.12. The maximum absolute atomic E-state index is 9.22. The monoisotopic (exact) mass is 294 g/mol. The molecule has 4 nitrogen and oxygen atoms in total. The highest BCUT2D eigenvalue weighted by atomic mass is 35.5. The Morgan fingerprint density at radius 1 is 1.05 bits per heavy atom. The second-order valence-corrected chi connectivity index (χ2v) is 4.56. The lowest BCUT2D eigenvalue weighted by atomic mass is 10.3. The molecule has 0 spiro atoms. The van der Waals surface area contributed by atoms with E-state index in [0.717, 1.165) is 0 Å². The number of rotatable bonds is 6. The van der Waals surface area contributed by atoms with Crippen LogP contribution in [0.4, 0.5) is 0 Å². The van der Waals surface area contributed by atoms with Crippen LogP contribution in [0.15, 0.2) is 48.5 Å². The Balaban J connectivity index is 2.02. The van der Waals surface area contributed by atoms with Gasteiger partial charge in [-0.3, -0.25) is 0 Å². The fraction of sp³-hybridized carbons (Fsp3) is 0.200. The molecular formula is C15H15ClO4. The molecule has 1 atom stereocenters. The van der Waals surface area contributed by atoms with Crippen molar-refractivity contribution in [1.82, 2.24) is 0 Å².